The SMILES string of the molecule is COc1ccc(-c2nc(CN3CCN(C(=O)c4ccc(F)cc4)CC3)no2)cc1. The Hall–Kier alpha value is -3.26. The molecule has 2 aromatic carbocycles. The number of hydrogen-bond acceptors (Lipinski definition) is 6. The van der Waals surface area contributed by atoms with Gasteiger partial charge in [0.1, 0.15) is 11.6 Å². The number of piperazine rings is 1. The van der Waals surface area contributed by atoms with E-state index in [1.165, 1.54) is 24.3 Å². The molecule has 3 aromatic rings. The van der Waals surface area contributed by atoms with E-state index >= 15 is 0 Å². The number of carbonyl (C=O) groups is 1. The highest BCUT2D eigenvalue weighted by atomic mass is 19.1. The minimum atomic E-state index is -0.347. The normalized spacial score (nSPS) is 14.8. The van der Waals surface area contributed by atoms with Crippen LogP contribution in [0.3, 0.4) is 0 Å². The van der Waals surface area contributed by atoms with E-state index in [1.807, 2.05) is 24.3 Å². The van der Waals surface area contributed by atoms with Crippen LogP contribution in [0.4, 0.5) is 4.39 Å². The van der Waals surface area contributed by atoms with Crippen LogP contribution in [0, 0.1) is 5.82 Å². The third kappa shape index (κ3) is 4.43. The van der Waals surface area contributed by atoms with Crippen LogP contribution >= 0.6 is 0 Å². The molecule has 8 heteroatoms. The first-order valence-electron chi connectivity index (χ1n) is 9.36. The molecule has 0 N–H and O–H groups in total. The number of ether oxygens (including phenoxy) is 1. The molecule has 1 fully saturated rings. The summed E-state index contributed by atoms with van der Waals surface area (Å²) < 4.78 is 23.6. The Bertz CT molecular complexity index is 964. The molecule has 0 spiro atoms. The number of carbonyl (C=O) groups excluding carboxylic acids is 1. The van der Waals surface area contributed by atoms with E-state index in [1.54, 1.807) is 12.0 Å². The number of halogens is 1. The number of hydrogen-bond donors (Lipinski definition) is 0. The Morgan fingerprint density at radius 1 is 1.07 bits per heavy atom. The van der Waals surface area contributed by atoms with Gasteiger partial charge in [-0.25, -0.2) is 4.39 Å². The van der Waals surface area contributed by atoms with Crippen LogP contribution in [0.5, 0.6) is 5.75 Å². The van der Waals surface area contributed by atoms with Crippen molar-refractivity contribution < 1.29 is 18.4 Å². The van der Waals surface area contributed by atoms with Gasteiger partial charge in [-0.05, 0) is 48.5 Å². The fourth-order valence-electron chi connectivity index (χ4n) is 3.25. The molecular formula is C21H21FN4O3. The quantitative estimate of drug-likeness (QED) is 0.660. The molecule has 0 atom stereocenters. The fraction of sp³-hybridized carbons (Fsp3) is 0.286. The molecule has 0 saturated carbocycles. The standard InChI is InChI=1S/C21H21FN4O3/c1-28-18-8-4-15(5-9-18)20-23-19(24-29-20)14-25-10-12-26(13-11-25)21(27)16-2-6-17(22)7-3-16/h2-9H,10-14H2,1H3. The van der Waals surface area contributed by atoms with Crippen molar-refractivity contribution in [1.82, 2.24) is 19.9 Å². The van der Waals surface area contributed by atoms with Crippen LogP contribution in [0.15, 0.2) is 53.1 Å². The molecule has 29 heavy (non-hydrogen) atoms. The zero-order valence-corrected chi connectivity index (χ0v) is 16.0. The van der Waals surface area contributed by atoms with Crippen molar-refractivity contribution in [3.8, 4) is 17.2 Å². The summed E-state index contributed by atoms with van der Waals surface area (Å²) >= 11 is 0. The summed E-state index contributed by atoms with van der Waals surface area (Å²) in [6.07, 6.45) is 0. The molecule has 1 aliphatic heterocycles. The summed E-state index contributed by atoms with van der Waals surface area (Å²) in [5.41, 5.74) is 1.33. The lowest BCUT2D eigenvalue weighted by Gasteiger charge is -2.34. The van der Waals surface area contributed by atoms with Crippen molar-refractivity contribution in [3.63, 3.8) is 0 Å². The summed E-state index contributed by atoms with van der Waals surface area (Å²) in [7, 11) is 1.62. The maximum Gasteiger partial charge on any atom is 0.257 e. The molecule has 2 heterocycles. The number of rotatable bonds is 5. The maximum absolute atomic E-state index is 13.0. The average molecular weight is 396 g/mol. The highest BCUT2D eigenvalue weighted by Gasteiger charge is 2.23. The Morgan fingerprint density at radius 2 is 1.76 bits per heavy atom. The van der Waals surface area contributed by atoms with Crippen molar-refractivity contribution >= 4 is 5.91 Å². The Morgan fingerprint density at radius 3 is 2.41 bits per heavy atom. The zero-order chi connectivity index (χ0) is 20.2. The van der Waals surface area contributed by atoms with Gasteiger partial charge >= 0.3 is 0 Å². The predicted molar refractivity (Wildman–Crippen MR) is 104 cm³/mol. The third-order valence-corrected chi connectivity index (χ3v) is 4.92. The van der Waals surface area contributed by atoms with E-state index in [4.69, 9.17) is 9.26 Å². The van der Waals surface area contributed by atoms with Crippen molar-refractivity contribution in [1.29, 1.82) is 0 Å². The number of amides is 1. The number of nitrogens with zero attached hydrogens (tertiary/aromatic N) is 4. The van der Waals surface area contributed by atoms with Crippen molar-refractivity contribution in [3.05, 3.63) is 65.7 Å². The topological polar surface area (TPSA) is 71.7 Å². The summed E-state index contributed by atoms with van der Waals surface area (Å²) in [5, 5.41) is 4.06. The van der Waals surface area contributed by atoms with Gasteiger partial charge in [0.15, 0.2) is 5.82 Å². The molecule has 4 rings (SSSR count). The molecule has 0 bridgehead atoms. The minimum absolute atomic E-state index is 0.0778. The van der Waals surface area contributed by atoms with Crippen LogP contribution in [-0.4, -0.2) is 59.1 Å². The molecular weight excluding hydrogens is 375 g/mol. The first-order chi connectivity index (χ1) is 14.1. The van der Waals surface area contributed by atoms with Gasteiger partial charge in [0.05, 0.1) is 13.7 Å². The Labute approximate surface area is 167 Å². The highest BCUT2D eigenvalue weighted by Crippen LogP contribution is 2.21. The molecule has 150 valence electrons. The summed E-state index contributed by atoms with van der Waals surface area (Å²) in [4.78, 5) is 20.9. The Balaban J connectivity index is 1.32. The average Bonchev–Trinajstić information content (AvgIpc) is 3.23. The van der Waals surface area contributed by atoms with Crippen LogP contribution in [0.2, 0.25) is 0 Å². The molecule has 1 aliphatic rings. The second-order valence-corrected chi connectivity index (χ2v) is 6.82. The van der Waals surface area contributed by atoms with Gasteiger partial charge in [0, 0.05) is 37.3 Å². The first kappa shape index (κ1) is 19.1. The molecule has 1 aromatic heterocycles. The van der Waals surface area contributed by atoms with Gasteiger partial charge in [-0.2, -0.15) is 4.98 Å². The maximum atomic E-state index is 13.0. The highest BCUT2D eigenvalue weighted by molar-refractivity contribution is 5.94. The second-order valence-electron chi connectivity index (χ2n) is 6.82. The largest absolute Gasteiger partial charge is 0.497 e. The van der Waals surface area contributed by atoms with Crippen LogP contribution in [0.25, 0.3) is 11.5 Å². The smallest absolute Gasteiger partial charge is 0.257 e. The van der Waals surface area contributed by atoms with Crippen LogP contribution in [-0.2, 0) is 6.54 Å². The lowest BCUT2D eigenvalue weighted by atomic mass is 10.2. The van der Waals surface area contributed by atoms with Gasteiger partial charge in [0.25, 0.3) is 11.8 Å². The van der Waals surface area contributed by atoms with E-state index in [0.29, 0.717) is 50.0 Å². The van der Waals surface area contributed by atoms with Gasteiger partial charge in [-0.15, -0.1) is 0 Å². The number of aromatic nitrogens is 2. The van der Waals surface area contributed by atoms with E-state index in [2.05, 4.69) is 15.0 Å². The summed E-state index contributed by atoms with van der Waals surface area (Å²) in [5.74, 6) is 1.41. The van der Waals surface area contributed by atoms with Crippen LogP contribution in [0.1, 0.15) is 16.2 Å². The lowest BCUT2D eigenvalue weighted by Crippen LogP contribution is -2.48. The molecule has 7 nitrogen and oxygen atoms in total. The summed E-state index contributed by atoms with van der Waals surface area (Å²) in [6, 6.07) is 13.1. The van der Waals surface area contributed by atoms with Crippen molar-refractivity contribution in [2.24, 2.45) is 0 Å². The van der Waals surface area contributed by atoms with Gasteiger partial charge in [0.2, 0.25) is 0 Å². The van der Waals surface area contributed by atoms with E-state index in [9.17, 15) is 9.18 Å². The van der Waals surface area contributed by atoms with Gasteiger partial charge in [-0.3, -0.25) is 9.69 Å². The lowest BCUT2D eigenvalue weighted by molar-refractivity contribution is 0.0624. The van der Waals surface area contributed by atoms with Gasteiger partial charge in [-0.1, -0.05) is 5.16 Å². The molecule has 0 unspecified atom stereocenters. The van der Waals surface area contributed by atoms with E-state index in [0.717, 1.165) is 11.3 Å². The van der Waals surface area contributed by atoms with Crippen LogP contribution < -0.4 is 4.74 Å². The van der Waals surface area contributed by atoms with E-state index in [-0.39, 0.29) is 11.7 Å². The molecule has 0 radical (unpaired) electrons. The van der Waals surface area contributed by atoms with E-state index < -0.39 is 0 Å². The molecule has 0 aliphatic carbocycles. The summed E-state index contributed by atoms with van der Waals surface area (Å²) in [6.45, 7) is 3.16. The number of benzene rings is 2. The molecule has 1 amide bonds. The first-order valence-corrected chi connectivity index (χ1v) is 9.36. The fourth-order valence-corrected chi connectivity index (χ4v) is 3.25. The Kier molecular flexibility index (Phi) is 5.53. The molecule has 1 saturated heterocycles. The van der Waals surface area contributed by atoms with Crippen molar-refractivity contribution in [2.45, 2.75) is 6.54 Å². The van der Waals surface area contributed by atoms with Crippen molar-refractivity contribution in [2.75, 3.05) is 33.3 Å². The predicted octanol–water partition coefficient (Wildman–Crippen LogP) is 2.84. The monoisotopic (exact) mass is 396 g/mol. The minimum Gasteiger partial charge on any atom is -0.497 e. The number of methoxy groups -OCH3 is 1. The zero-order valence-electron chi connectivity index (χ0n) is 16.0. The second kappa shape index (κ2) is 8.40. The third-order valence-electron chi connectivity index (χ3n) is 4.92. The van der Waals surface area contributed by atoms with Gasteiger partial charge < -0.3 is 14.2 Å².